The van der Waals surface area contributed by atoms with E-state index in [2.05, 4.69) is 4.90 Å². The number of aliphatic hydroxyl groups excluding tert-OH is 1. The molecule has 0 saturated carbocycles. The Labute approximate surface area is 204 Å². The molecule has 6 nitrogen and oxygen atoms in total. The molecule has 1 heterocycles. The second-order valence-electron chi connectivity index (χ2n) is 7.87. The van der Waals surface area contributed by atoms with Crippen LogP contribution >= 0.6 is 23.2 Å². The molecule has 1 N–H and O–H groups in total. The van der Waals surface area contributed by atoms with Crippen molar-refractivity contribution in [3.63, 3.8) is 0 Å². The van der Waals surface area contributed by atoms with Crippen molar-refractivity contribution in [2.24, 2.45) is 0 Å². The summed E-state index contributed by atoms with van der Waals surface area (Å²) in [6.45, 7) is 8.45. The molecule has 1 amide bonds. The van der Waals surface area contributed by atoms with Gasteiger partial charge in [0.2, 0.25) is 0 Å². The normalized spacial score (nSPS) is 17.8. The van der Waals surface area contributed by atoms with Crippen molar-refractivity contribution < 1.29 is 19.4 Å². The van der Waals surface area contributed by atoms with E-state index < -0.39 is 17.7 Å². The Kier molecular flexibility index (Phi) is 8.05. The summed E-state index contributed by atoms with van der Waals surface area (Å²) in [6.07, 6.45) is 0. The highest BCUT2D eigenvalue weighted by Crippen LogP contribution is 2.42. The van der Waals surface area contributed by atoms with Gasteiger partial charge >= 0.3 is 0 Å². The van der Waals surface area contributed by atoms with Gasteiger partial charge in [0.1, 0.15) is 11.5 Å². The number of ether oxygens (including phenoxy) is 1. The van der Waals surface area contributed by atoms with Gasteiger partial charge in [-0.2, -0.15) is 0 Å². The van der Waals surface area contributed by atoms with Crippen LogP contribution in [-0.4, -0.2) is 59.9 Å². The number of nitrogens with zero attached hydrogens (tertiary/aromatic N) is 2. The molecule has 0 unspecified atom stereocenters. The highest BCUT2D eigenvalue weighted by molar-refractivity contribution is 6.47. The topological polar surface area (TPSA) is 70.1 Å². The lowest BCUT2D eigenvalue weighted by Gasteiger charge is -2.28. The lowest BCUT2D eigenvalue weighted by Crippen LogP contribution is -2.38. The van der Waals surface area contributed by atoms with Crippen LogP contribution in [0.5, 0.6) is 5.75 Å². The molecule has 0 bridgehead atoms. The SMILES string of the molecule is CCN(CC)CCN1C(=O)C(=O)C(=C(O)c2ccc(OC)c(C)c2)[C@@H]1c1ccc(Cl)cc1Cl. The van der Waals surface area contributed by atoms with Crippen LogP contribution in [0.3, 0.4) is 0 Å². The van der Waals surface area contributed by atoms with Crippen molar-refractivity contribution in [1.29, 1.82) is 0 Å². The summed E-state index contributed by atoms with van der Waals surface area (Å²) in [4.78, 5) is 29.9. The van der Waals surface area contributed by atoms with E-state index in [0.29, 0.717) is 40.0 Å². The first kappa shape index (κ1) is 25.1. The molecule has 1 aliphatic heterocycles. The first-order valence-corrected chi connectivity index (χ1v) is 11.6. The Bertz CT molecular complexity index is 1100. The van der Waals surface area contributed by atoms with Crippen molar-refractivity contribution in [2.75, 3.05) is 33.3 Å². The highest BCUT2D eigenvalue weighted by atomic mass is 35.5. The number of Topliss-reactive ketones (excluding diaryl/α,β-unsaturated/α-hetero) is 1. The Morgan fingerprint density at radius 1 is 1.12 bits per heavy atom. The maximum Gasteiger partial charge on any atom is 0.295 e. The Balaban J connectivity index is 2.15. The van der Waals surface area contributed by atoms with Gasteiger partial charge in [0.25, 0.3) is 11.7 Å². The predicted molar refractivity (Wildman–Crippen MR) is 131 cm³/mol. The summed E-state index contributed by atoms with van der Waals surface area (Å²) in [7, 11) is 1.56. The van der Waals surface area contributed by atoms with Crippen LogP contribution in [0.1, 0.15) is 36.6 Å². The van der Waals surface area contributed by atoms with Gasteiger partial charge in [-0.05, 0) is 61.5 Å². The van der Waals surface area contributed by atoms with E-state index in [1.54, 1.807) is 43.5 Å². The number of carbonyl (C=O) groups is 2. The largest absolute Gasteiger partial charge is 0.507 e. The number of hydrogen-bond donors (Lipinski definition) is 1. The first-order valence-electron chi connectivity index (χ1n) is 10.8. The van der Waals surface area contributed by atoms with Crippen molar-refractivity contribution in [2.45, 2.75) is 26.8 Å². The van der Waals surface area contributed by atoms with Crippen molar-refractivity contribution in [3.8, 4) is 5.75 Å². The summed E-state index contributed by atoms with van der Waals surface area (Å²) >= 11 is 12.6. The van der Waals surface area contributed by atoms with E-state index in [4.69, 9.17) is 27.9 Å². The molecule has 1 saturated heterocycles. The maximum absolute atomic E-state index is 13.2. The third-order valence-corrected chi connectivity index (χ3v) is 6.58. The number of rotatable bonds is 8. The van der Waals surface area contributed by atoms with Crippen molar-refractivity contribution in [3.05, 3.63) is 68.7 Å². The molecule has 0 aliphatic carbocycles. The van der Waals surface area contributed by atoms with Gasteiger partial charge in [0, 0.05) is 28.7 Å². The monoisotopic (exact) mass is 490 g/mol. The minimum atomic E-state index is -0.826. The number of methoxy groups -OCH3 is 1. The van der Waals surface area contributed by atoms with Crippen molar-refractivity contribution >= 4 is 40.7 Å². The number of aryl methyl sites for hydroxylation is 1. The van der Waals surface area contributed by atoms with Gasteiger partial charge in [0.05, 0.1) is 18.7 Å². The quantitative estimate of drug-likeness (QED) is 0.317. The average Bonchev–Trinajstić information content (AvgIpc) is 3.04. The summed E-state index contributed by atoms with van der Waals surface area (Å²) in [6, 6.07) is 9.19. The number of ketones is 1. The molecule has 8 heteroatoms. The Morgan fingerprint density at radius 3 is 2.39 bits per heavy atom. The summed E-state index contributed by atoms with van der Waals surface area (Å²) in [5, 5.41) is 12.0. The molecule has 2 aromatic carbocycles. The van der Waals surface area contributed by atoms with E-state index >= 15 is 0 Å². The van der Waals surface area contributed by atoms with Crippen molar-refractivity contribution in [1.82, 2.24) is 9.80 Å². The van der Waals surface area contributed by atoms with E-state index in [1.807, 2.05) is 20.8 Å². The number of halogens is 2. The van der Waals surface area contributed by atoms with Gasteiger partial charge in [-0.1, -0.05) is 43.1 Å². The summed E-state index contributed by atoms with van der Waals surface area (Å²) in [5.74, 6) is -0.995. The summed E-state index contributed by atoms with van der Waals surface area (Å²) in [5.41, 5.74) is 1.75. The summed E-state index contributed by atoms with van der Waals surface area (Å²) < 4.78 is 5.29. The molecule has 0 spiro atoms. The van der Waals surface area contributed by atoms with Gasteiger partial charge in [0.15, 0.2) is 0 Å². The van der Waals surface area contributed by atoms with E-state index in [1.165, 1.54) is 4.90 Å². The van der Waals surface area contributed by atoms with Gasteiger partial charge in [-0.3, -0.25) is 9.59 Å². The molecule has 0 radical (unpaired) electrons. The number of carbonyl (C=O) groups excluding carboxylic acids is 2. The number of aliphatic hydroxyl groups is 1. The standard InChI is InChI=1S/C25H28Cl2N2O4/c1-5-28(6-2)11-12-29-22(18-9-8-17(26)14-19(18)27)21(24(31)25(29)32)23(30)16-7-10-20(33-4)15(3)13-16/h7-10,13-14,22,30H,5-6,11-12H2,1-4H3/t22-/m0/s1. The fourth-order valence-corrected chi connectivity index (χ4v) is 4.64. The number of likely N-dealkylation sites (tertiary alicyclic amines) is 1. The lowest BCUT2D eigenvalue weighted by atomic mass is 9.94. The van der Waals surface area contributed by atoms with Gasteiger partial charge in [-0.25, -0.2) is 0 Å². The minimum Gasteiger partial charge on any atom is -0.507 e. The van der Waals surface area contributed by atoms with Crippen LogP contribution in [0.4, 0.5) is 0 Å². The first-order chi connectivity index (χ1) is 15.7. The zero-order valence-corrected chi connectivity index (χ0v) is 20.7. The maximum atomic E-state index is 13.2. The molecule has 1 fully saturated rings. The van der Waals surface area contributed by atoms with Crippen LogP contribution in [0.15, 0.2) is 42.0 Å². The molecule has 1 aliphatic rings. The molecular weight excluding hydrogens is 463 g/mol. The molecule has 1 atom stereocenters. The van der Waals surface area contributed by atoms with Crippen LogP contribution in [0, 0.1) is 6.92 Å². The fraction of sp³-hybridized carbons (Fsp3) is 0.360. The smallest absolute Gasteiger partial charge is 0.295 e. The van der Waals surface area contributed by atoms with Crippen LogP contribution in [0.2, 0.25) is 10.0 Å². The molecular formula is C25H28Cl2N2O4. The second kappa shape index (κ2) is 10.6. The third kappa shape index (κ3) is 5.03. The number of hydrogen-bond acceptors (Lipinski definition) is 5. The fourth-order valence-electron chi connectivity index (χ4n) is 4.13. The number of likely N-dealkylation sites (N-methyl/N-ethyl adjacent to an activating group) is 1. The third-order valence-electron chi connectivity index (χ3n) is 6.02. The lowest BCUT2D eigenvalue weighted by molar-refractivity contribution is -0.140. The second-order valence-corrected chi connectivity index (χ2v) is 8.71. The molecule has 2 aromatic rings. The van der Waals surface area contributed by atoms with E-state index in [0.717, 1.165) is 18.7 Å². The predicted octanol–water partition coefficient (Wildman–Crippen LogP) is 5.07. The Morgan fingerprint density at radius 2 is 1.82 bits per heavy atom. The van der Waals surface area contributed by atoms with Gasteiger partial charge in [-0.15, -0.1) is 0 Å². The van der Waals surface area contributed by atoms with Crippen LogP contribution in [0.25, 0.3) is 5.76 Å². The highest BCUT2D eigenvalue weighted by Gasteiger charge is 2.46. The average molecular weight is 491 g/mol. The molecule has 176 valence electrons. The number of amides is 1. The van der Waals surface area contributed by atoms with Crippen LogP contribution in [-0.2, 0) is 9.59 Å². The van der Waals surface area contributed by atoms with Crippen LogP contribution < -0.4 is 4.74 Å². The zero-order chi connectivity index (χ0) is 24.3. The molecule has 33 heavy (non-hydrogen) atoms. The number of benzene rings is 2. The minimum absolute atomic E-state index is 0.00772. The zero-order valence-electron chi connectivity index (χ0n) is 19.2. The Hall–Kier alpha value is -2.54. The van der Waals surface area contributed by atoms with Gasteiger partial charge < -0.3 is 19.6 Å². The van der Waals surface area contributed by atoms with E-state index in [-0.39, 0.29) is 11.3 Å². The molecule has 3 rings (SSSR count). The molecule has 0 aromatic heterocycles. The van der Waals surface area contributed by atoms with E-state index in [9.17, 15) is 14.7 Å².